The molecule has 0 amide bonds. The first-order chi connectivity index (χ1) is 8.52. The first kappa shape index (κ1) is 14.0. The topological polar surface area (TPSA) is 29.5 Å². The van der Waals surface area contributed by atoms with Crippen LogP contribution in [0, 0.1) is 5.92 Å². The van der Waals surface area contributed by atoms with Gasteiger partial charge < -0.3 is 9.84 Å². The Morgan fingerprint density at radius 2 is 2.17 bits per heavy atom. The van der Waals surface area contributed by atoms with E-state index in [4.69, 9.17) is 4.74 Å². The van der Waals surface area contributed by atoms with Crippen molar-refractivity contribution in [2.45, 2.75) is 58.2 Å². The third kappa shape index (κ3) is 3.34. The van der Waals surface area contributed by atoms with Crippen LogP contribution in [0.5, 0.6) is 0 Å². The zero-order chi connectivity index (χ0) is 13.2. The van der Waals surface area contributed by atoms with E-state index in [9.17, 15) is 5.11 Å². The van der Waals surface area contributed by atoms with Crippen molar-refractivity contribution in [1.29, 1.82) is 0 Å². The molecule has 2 nitrogen and oxygen atoms in total. The lowest BCUT2D eigenvalue weighted by Gasteiger charge is -2.38. The van der Waals surface area contributed by atoms with E-state index in [1.54, 1.807) is 0 Å². The predicted molar refractivity (Wildman–Crippen MR) is 76.2 cm³/mol. The minimum Gasteiger partial charge on any atom is -0.389 e. The summed E-state index contributed by atoms with van der Waals surface area (Å²) in [5.74, 6) is 0.478. The molecule has 2 unspecified atom stereocenters. The fourth-order valence-corrected chi connectivity index (χ4v) is 3.65. The summed E-state index contributed by atoms with van der Waals surface area (Å²) in [4.78, 5) is 2.71. The van der Waals surface area contributed by atoms with Crippen LogP contribution in [0.15, 0.2) is 12.1 Å². The van der Waals surface area contributed by atoms with Gasteiger partial charge >= 0.3 is 0 Å². The molecule has 0 spiro atoms. The summed E-state index contributed by atoms with van der Waals surface area (Å²) in [5.41, 5.74) is -0.566. The molecular weight excluding hydrogens is 244 g/mol. The maximum absolute atomic E-state index is 10.8. The molecule has 1 aliphatic rings. The molecule has 18 heavy (non-hydrogen) atoms. The van der Waals surface area contributed by atoms with Crippen molar-refractivity contribution < 1.29 is 9.84 Å². The standard InChI is InChI=1S/C15H24O2S/c1-4-12-5-6-13(18-12)9-15(16)7-8-17-14(10-15)11(2)3/h5-6,11,14,16H,4,7-10H2,1-3H3. The number of rotatable bonds is 4. The molecule has 1 N–H and O–H groups in total. The van der Waals surface area contributed by atoms with Crippen LogP contribution in [0.4, 0.5) is 0 Å². The summed E-state index contributed by atoms with van der Waals surface area (Å²) < 4.78 is 5.74. The summed E-state index contributed by atoms with van der Waals surface area (Å²) >= 11 is 1.83. The lowest BCUT2D eigenvalue weighted by Crippen LogP contribution is -2.44. The lowest BCUT2D eigenvalue weighted by molar-refractivity contribution is -0.116. The Bertz CT molecular complexity index is 386. The fraction of sp³-hybridized carbons (Fsp3) is 0.733. The predicted octanol–water partition coefficient (Wildman–Crippen LogP) is 3.42. The van der Waals surface area contributed by atoms with Crippen molar-refractivity contribution in [1.82, 2.24) is 0 Å². The van der Waals surface area contributed by atoms with Gasteiger partial charge in [0.25, 0.3) is 0 Å². The number of ether oxygens (including phenoxy) is 1. The van der Waals surface area contributed by atoms with E-state index in [1.165, 1.54) is 9.75 Å². The zero-order valence-electron chi connectivity index (χ0n) is 11.6. The van der Waals surface area contributed by atoms with E-state index in [-0.39, 0.29) is 6.10 Å². The Balaban J connectivity index is 2.02. The van der Waals surface area contributed by atoms with Crippen molar-refractivity contribution in [3.63, 3.8) is 0 Å². The van der Waals surface area contributed by atoms with Crippen LogP contribution in [-0.2, 0) is 17.6 Å². The lowest BCUT2D eigenvalue weighted by atomic mass is 9.83. The molecule has 2 atom stereocenters. The number of hydrogen-bond donors (Lipinski definition) is 1. The molecule has 2 heterocycles. The third-order valence-corrected chi connectivity index (χ3v) is 5.02. The molecule has 2 rings (SSSR count). The van der Waals surface area contributed by atoms with E-state index in [2.05, 4.69) is 32.9 Å². The van der Waals surface area contributed by atoms with Crippen molar-refractivity contribution in [3.8, 4) is 0 Å². The third-order valence-electron chi connectivity index (χ3n) is 3.79. The molecule has 0 radical (unpaired) electrons. The highest BCUT2D eigenvalue weighted by atomic mass is 32.1. The Kier molecular flexibility index (Phi) is 4.46. The first-order valence-corrected chi connectivity index (χ1v) is 7.75. The average molecular weight is 268 g/mol. The summed E-state index contributed by atoms with van der Waals surface area (Å²) in [6.07, 6.45) is 3.60. The molecular formula is C15H24O2S. The monoisotopic (exact) mass is 268 g/mol. The second kappa shape index (κ2) is 5.72. The van der Waals surface area contributed by atoms with Gasteiger partial charge in [0.15, 0.2) is 0 Å². The average Bonchev–Trinajstić information content (AvgIpc) is 2.76. The van der Waals surface area contributed by atoms with Gasteiger partial charge in [-0.3, -0.25) is 0 Å². The maximum atomic E-state index is 10.8. The van der Waals surface area contributed by atoms with Crippen LogP contribution >= 0.6 is 11.3 Å². The number of aryl methyl sites for hydroxylation is 1. The molecule has 1 aromatic heterocycles. The Hall–Kier alpha value is -0.380. The number of hydrogen-bond acceptors (Lipinski definition) is 3. The molecule has 0 aromatic carbocycles. The van der Waals surface area contributed by atoms with Gasteiger partial charge in [-0.1, -0.05) is 20.8 Å². The Morgan fingerprint density at radius 1 is 1.44 bits per heavy atom. The largest absolute Gasteiger partial charge is 0.389 e. The van der Waals surface area contributed by atoms with Crippen molar-refractivity contribution in [3.05, 3.63) is 21.9 Å². The van der Waals surface area contributed by atoms with Crippen LogP contribution < -0.4 is 0 Å². The van der Waals surface area contributed by atoms with Gasteiger partial charge in [-0.05, 0) is 30.9 Å². The van der Waals surface area contributed by atoms with Gasteiger partial charge in [-0.2, -0.15) is 0 Å². The van der Waals surface area contributed by atoms with E-state index in [0.717, 1.165) is 25.7 Å². The van der Waals surface area contributed by atoms with E-state index in [1.807, 2.05) is 11.3 Å². The maximum Gasteiger partial charge on any atom is 0.0742 e. The van der Waals surface area contributed by atoms with Gasteiger partial charge in [0.05, 0.1) is 11.7 Å². The molecule has 1 aromatic rings. The quantitative estimate of drug-likeness (QED) is 0.906. The molecule has 3 heteroatoms. The molecule has 0 aliphatic carbocycles. The van der Waals surface area contributed by atoms with Gasteiger partial charge in [0.1, 0.15) is 0 Å². The minimum absolute atomic E-state index is 0.203. The highest BCUT2D eigenvalue weighted by Gasteiger charge is 2.36. The first-order valence-electron chi connectivity index (χ1n) is 6.94. The summed E-state index contributed by atoms with van der Waals surface area (Å²) in [6.45, 7) is 7.19. The van der Waals surface area contributed by atoms with Crippen LogP contribution in [0.25, 0.3) is 0 Å². The highest BCUT2D eigenvalue weighted by Crippen LogP contribution is 2.33. The second-order valence-electron chi connectivity index (χ2n) is 5.73. The van der Waals surface area contributed by atoms with E-state index >= 15 is 0 Å². The zero-order valence-corrected chi connectivity index (χ0v) is 12.4. The normalized spacial score (nSPS) is 28.8. The van der Waals surface area contributed by atoms with E-state index in [0.29, 0.717) is 12.5 Å². The second-order valence-corrected chi connectivity index (χ2v) is 6.98. The minimum atomic E-state index is -0.566. The van der Waals surface area contributed by atoms with Crippen LogP contribution in [0.2, 0.25) is 0 Å². The molecule has 1 aliphatic heterocycles. The smallest absolute Gasteiger partial charge is 0.0742 e. The summed E-state index contributed by atoms with van der Waals surface area (Å²) in [6, 6.07) is 4.35. The van der Waals surface area contributed by atoms with Crippen molar-refractivity contribution in [2.24, 2.45) is 5.92 Å². The summed E-state index contributed by atoms with van der Waals surface area (Å²) in [7, 11) is 0. The van der Waals surface area contributed by atoms with Gasteiger partial charge in [-0.15, -0.1) is 11.3 Å². The highest BCUT2D eigenvalue weighted by molar-refractivity contribution is 7.12. The van der Waals surface area contributed by atoms with Crippen molar-refractivity contribution in [2.75, 3.05) is 6.61 Å². The van der Waals surface area contributed by atoms with Gasteiger partial charge in [-0.25, -0.2) is 0 Å². The Labute approximate surface area is 114 Å². The molecule has 0 saturated carbocycles. The van der Waals surface area contributed by atoms with Gasteiger partial charge in [0.2, 0.25) is 0 Å². The molecule has 102 valence electrons. The van der Waals surface area contributed by atoms with Crippen molar-refractivity contribution >= 4 is 11.3 Å². The Morgan fingerprint density at radius 3 is 2.78 bits per heavy atom. The fourth-order valence-electron chi connectivity index (χ4n) is 2.56. The number of aliphatic hydroxyl groups is 1. The molecule has 0 bridgehead atoms. The van der Waals surface area contributed by atoms with E-state index < -0.39 is 5.60 Å². The van der Waals surface area contributed by atoms with Crippen LogP contribution in [0.3, 0.4) is 0 Å². The van der Waals surface area contributed by atoms with Crippen LogP contribution in [0.1, 0.15) is 43.4 Å². The van der Waals surface area contributed by atoms with Gasteiger partial charge in [0, 0.05) is 29.2 Å². The number of thiophene rings is 1. The molecule has 1 saturated heterocycles. The SMILES string of the molecule is CCc1ccc(CC2(O)CCOC(C(C)C)C2)s1. The van der Waals surface area contributed by atoms with Crippen LogP contribution in [-0.4, -0.2) is 23.4 Å². The molecule has 1 fully saturated rings. The summed E-state index contributed by atoms with van der Waals surface area (Å²) in [5, 5.41) is 10.8.